The van der Waals surface area contributed by atoms with Crippen LogP contribution in [0.15, 0.2) is 97.2 Å². The van der Waals surface area contributed by atoms with Crippen LogP contribution in [0, 0.1) is 0 Å². The molecule has 0 aliphatic rings. The van der Waals surface area contributed by atoms with Crippen molar-refractivity contribution in [2.75, 3.05) is 13.2 Å². The second-order valence-corrected chi connectivity index (χ2v) is 23.8. The van der Waals surface area contributed by atoms with Crippen LogP contribution in [0.3, 0.4) is 0 Å². The lowest BCUT2D eigenvalue weighted by atomic mass is 10.0. The number of hydrogen-bond acceptors (Lipinski definition) is 6. The normalized spacial score (nSPS) is 12.7. The molecule has 0 rings (SSSR count). The predicted octanol–water partition coefficient (Wildman–Crippen LogP) is 24.8. The summed E-state index contributed by atoms with van der Waals surface area (Å²) in [6, 6.07) is 0. The van der Waals surface area contributed by atoms with Gasteiger partial charge in [0.1, 0.15) is 13.2 Å². The molecule has 0 saturated heterocycles. The number of esters is 3. The fourth-order valence-electron chi connectivity index (χ4n) is 10.2. The van der Waals surface area contributed by atoms with Crippen LogP contribution < -0.4 is 0 Å². The lowest BCUT2D eigenvalue weighted by Gasteiger charge is -2.18. The maximum Gasteiger partial charge on any atom is 0.306 e. The molecule has 1 unspecified atom stereocenters. The number of carbonyl (C=O) groups is 3. The summed E-state index contributed by atoms with van der Waals surface area (Å²) in [5, 5.41) is 0. The van der Waals surface area contributed by atoms with Gasteiger partial charge in [-0.3, -0.25) is 14.4 Å². The van der Waals surface area contributed by atoms with Crippen molar-refractivity contribution in [3.8, 4) is 0 Å². The van der Waals surface area contributed by atoms with E-state index in [9.17, 15) is 14.4 Å². The molecule has 0 spiro atoms. The standard InChI is InChI=1S/C77H134O6/c1-4-7-10-13-16-19-22-25-27-29-31-33-35-37-38-40-41-43-45-47-49-52-55-58-61-64-67-70-76(79)82-73-74(72-81-75(78)69-66-63-60-57-54-51-24-21-18-15-12-9-6-3)83-77(80)71-68-65-62-59-56-53-50-48-46-44-42-39-36-34-32-30-28-26-23-20-17-14-11-8-5-2/h7,10,12,15-16,19,21,23-27,30-33,74H,4-6,8-9,11,13-14,17-18,20,22,28-29,34-73H2,1-3H3/b10-7-,15-12-,19-16-,24-21-,26-23-,27-25-,32-30-,33-31-. The summed E-state index contributed by atoms with van der Waals surface area (Å²) in [7, 11) is 0. The molecule has 0 aromatic heterocycles. The Balaban J connectivity index is 4.26. The average Bonchev–Trinajstić information content (AvgIpc) is 3.49. The van der Waals surface area contributed by atoms with Crippen molar-refractivity contribution < 1.29 is 28.6 Å². The number of carbonyl (C=O) groups excluding carboxylic acids is 3. The van der Waals surface area contributed by atoms with Crippen molar-refractivity contribution in [2.45, 2.75) is 361 Å². The zero-order valence-electron chi connectivity index (χ0n) is 54.9. The van der Waals surface area contributed by atoms with Crippen LogP contribution in [0.25, 0.3) is 0 Å². The summed E-state index contributed by atoms with van der Waals surface area (Å²) in [4.78, 5) is 38.4. The lowest BCUT2D eigenvalue weighted by Crippen LogP contribution is -2.30. The first kappa shape index (κ1) is 79.3. The summed E-state index contributed by atoms with van der Waals surface area (Å²) in [5.41, 5.74) is 0. The van der Waals surface area contributed by atoms with Crippen LogP contribution in [0.2, 0.25) is 0 Å². The molecule has 0 aromatic carbocycles. The zero-order chi connectivity index (χ0) is 59.9. The topological polar surface area (TPSA) is 78.9 Å². The minimum atomic E-state index is -0.785. The molecule has 0 aliphatic carbocycles. The highest BCUT2D eigenvalue weighted by Crippen LogP contribution is 2.17. The van der Waals surface area contributed by atoms with Gasteiger partial charge in [0.2, 0.25) is 0 Å². The first-order valence-electron chi connectivity index (χ1n) is 35.7. The molecule has 0 saturated carbocycles. The van der Waals surface area contributed by atoms with Gasteiger partial charge in [0.25, 0.3) is 0 Å². The minimum Gasteiger partial charge on any atom is -0.462 e. The van der Waals surface area contributed by atoms with Crippen molar-refractivity contribution in [2.24, 2.45) is 0 Å². The van der Waals surface area contributed by atoms with Crippen molar-refractivity contribution in [3.63, 3.8) is 0 Å². The Morgan fingerprint density at radius 2 is 0.494 bits per heavy atom. The SMILES string of the molecule is CC/C=C\C/C=C\C/C=C\C/C=C\CCCCCCCCCCCCCCCCC(=O)OCC(COC(=O)CCCCCCC/C=C\C/C=C\CCC)OC(=O)CCCCCCCCCCCCCCC/C=C\C/C=C\CCCCCCC. The van der Waals surface area contributed by atoms with Crippen LogP contribution in [0.1, 0.15) is 355 Å². The van der Waals surface area contributed by atoms with E-state index in [0.29, 0.717) is 19.3 Å². The molecule has 0 heterocycles. The Morgan fingerprint density at radius 3 is 0.783 bits per heavy atom. The number of hydrogen-bond donors (Lipinski definition) is 0. The van der Waals surface area contributed by atoms with Crippen molar-refractivity contribution in [1.29, 1.82) is 0 Å². The highest BCUT2D eigenvalue weighted by molar-refractivity contribution is 5.71. The molecule has 478 valence electrons. The number of unbranched alkanes of at least 4 members (excludes halogenated alkanes) is 38. The van der Waals surface area contributed by atoms with E-state index in [1.165, 1.54) is 199 Å². The molecule has 6 nitrogen and oxygen atoms in total. The van der Waals surface area contributed by atoms with Gasteiger partial charge in [0, 0.05) is 19.3 Å². The van der Waals surface area contributed by atoms with E-state index in [1.807, 2.05) is 0 Å². The van der Waals surface area contributed by atoms with E-state index in [1.54, 1.807) is 0 Å². The molecular weight excluding hydrogens is 1020 g/mol. The predicted molar refractivity (Wildman–Crippen MR) is 362 cm³/mol. The van der Waals surface area contributed by atoms with Crippen LogP contribution >= 0.6 is 0 Å². The molecule has 83 heavy (non-hydrogen) atoms. The van der Waals surface area contributed by atoms with Crippen LogP contribution in [-0.2, 0) is 28.6 Å². The zero-order valence-corrected chi connectivity index (χ0v) is 54.9. The second-order valence-electron chi connectivity index (χ2n) is 23.8. The van der Waals surface area contributed by atoms with Gasteiger partial charge in [0.15, 0.2) is 6.10 Å². The van der Waals surface area contributed by atoms with E-state index < -0.39 is 6.10 Å². The summed E-state index contributed by atoms with van der Waals surface area (Å²) < 4.78 is 17.0. The molecule has 0 N–H and O–H groups in total. The number of allylic oxidation sites excluding steroid dienone is 16. The molecule has 0 radical (unpaired) electrons. The Bertz CT molecular complexity index is 1610. The molecule has 0 bridgehead atoms. The Labute approximate surface area is 515 Å². The van der Waals surface area contributed by atoms with Gasteiger partial charge in [-0.15, -0.1) is 0 Å². The van der Waals surface area contributed by atoms with Crippen LogP contribution in [0.4, 0.5) is 0 Å². The van der Waals surface area contributed by atoms with Gasteiger partial charge in [-0.25, -0.2) is 0 Å². The highest BCUT2D eigenvalue weighted by atomic mass is 16.6. The largest absolute Gasteiger partial charge is 0.462 e. The first-order chi connectivity index (χ1) is 41.0. The van der Waals surface area contributed by atoms with Gasteiger partial charge in [0.05, 0.1) is 0 Å². The Kier molecular flexibility index (Phi) is 67.7. The van der Waals surface area contributed by atoms with E-state index in [2.05, 4.69) is 118 Å². The highest BCUT2D eigenvalue weighted by Gasteiger charge is 2.19. The molecule has 6 heteroatoms. The number of rotatable bonds is 65. The first-order valence-corrected chi connectivity index (χ1v) is 35.7. The average molecular weight is 1160 g/mol. The monoisotopic (exact) mass is 1160 g/mol. The fourth-order valence-corrected chi connectivity index (χ4v) is 10.2. The summed E-state index contributed by atoms with van der Waals surface area (Å²) in [5.74, 6) is -0.880. The summed E-state index contributed by atoms with van der Waals surface area (Å²) >= 11 is 0. The Hall–Kier alpha value is -3.67. The maximum absolute atomic E-state index is 13.0. The number of ether oxygens (including phenoxy) is 3. The summed E-state index contributed by atoms with van der Waals surface area (Å²) in [6.07, 6.45) is 95.8. The lowest BCUT2D eigenvalue weighted by molar-refractivity contribution is -0.167. The van der Waals surface area contributed by atoms with Crippen LogP contribution in [0.5, 0.6) is 0 Å². The molecular formula is C77H134O6. The third-order valence-electron chi connectivity index (χ3n) is 15.5. The molecule has 1 atom stereocenters. The smallest absolute Gasteiger partial charge is 0.306 e. The molecule has 0 aliphatic heterocycles. The van der Waals surface area contributed by atoms with E-state index in [-0.39, 0.29) is 31.1 Å². The van der Waals surface area contributed by atoms with Gasteiger partial charge >= 0.3 is 17.9 Å². The Morgan fingerprint density at radius 1 is 0.253 bits per heavy atom. The minimum absolute atomic E-state index is 0.0801. The van der Waals surface area contributed by atoms with Crippen molar-refractivity contribution in [1.82, 2.24) is 0 Å². The molecule has 0 amide bonds. The van der Waals surface area contributed by atoms with E-state index >= 15 is 0 Å². The second kappa shape index (κ2) is 70.8. The third kappa shape index (κ3) is 69.0. The van der Waals surface area contributed by atoms with Gasteiger partial charge < -0.3 is 14.2 Å². The van der Waals surface area contributed by atoms with Crippen LogP contribution in [-0.4, -0.2) is 37.2 Å². The molecule has 0 fully saturated rings. The maximum atomic E-state index is 13.0. The van der Waals surface area contributed by atoms with Gasteiger partial charge in [-0.05, 0) is 116 Å². The van der Waals surface area contributed by atoms with Crippen molar-refractivity contribution in [3.05, 3.63) is 97.2 Å². The van der Waals surface area contributed by atoms with Gasteiger partial charge in [-0.1, -0.05) is 317 Å². The quantitative estimate of drug-likeness (QED) is 0.0261. The van der Waals surface area contributed by atoms with E-state index in [4.69, 9.17) is 14.2 Å². The fraction of sp³-hybridized carbons (Fsp3) is 0.753. The molecule has 0 aromatic rings. The van der Waals surface area contributed by atoms with Gasteiger partial charge in [-0.2, -0.15) is 0 Å². The third-order valence-corrected chi connectivity index (χ3v) is 15.5. The van der Waals surface area contributed by atoms with E-state index in [0.717, 1.165) is 116 Å². The summed E-state index contributed by atoms with van der Waals surface area (Å²) in [6.45, 7) is 6.48. The van der Waals surface area contributed by atoms with Crippen molar-refractivity contribution >= 4 is 17.9 Å².